The molecule has 84 valence electrons. The first-order valence-corrected chi connectivity index (χ1v) is 5.11. The SMILES string of the molecule is COCCNCc1ccc(OC)c(C)c1. The molecule has 0 amide bonds. The van der Waals surface area contributed by atoms with Crippen LogP contribution in [0.3, 0.4) is 0 Å². The summed E-state index contributed by atoms with van der Waals surface area (Å²) < 4.78 is 10.2. The highest BCUT2D eigenvalue weighted by atomic mass is 16.5. The lowest BCUT2D eigenvalue weighted by Crippen LogP contribution is -2.18. The lowest BCUT2D eigenvalue weighted by molar-refractivity contribution is 0.199. The number of nitrogens with one attached hydrogen (secondary N) is 1. The van der Waals surface area contributed by atoms with Gasteiger partial charge in [0, 0.05) is 20.2 Å². The smallest absolute Gasteiger partial charge is 0.121 e. The zero-order chi connectivity index (χ0) is 11.1. The Morgan fingerprint density at radius 1 is 1.27 bits per heavy atom. The molecule has 0 aliphatic rings. The van der Waals surface area contributed by atoms with E-state index in [1.807, 2.05) is 6.07 Å². The van der Waals surface area contributed by atoms with Crippen LogP contribution in [0.1, 0.15) is 11.1 Å². The average molecular weight is 209 g/mol. The zero-order valence-electron chi connectivity index (χ0n) is 9.67. The van der Waals surface area contributed by atoms with Crippen molar-refractivity contribution in [2.45, 2.75) is 13.5 Å². The van der Waals surface area contributed by atoms with Gasteiger partial charge >= 0.3 is 0 Å². The van der Waals surface area contributed by atoms with Crippen LogP contribution in [0.2, 0.25) is 0 Å². The van der Waals surface area contributed by atoms with Crippen molar-refractivity contribution in [1.82, 2.24) is 5.32 Å². The van der Waals surface area contributed by atoms with E-state index in [1.54, 1.807) is 14.2 Å². The van der Waals surface area contributed by atoms with Gasteiger partial charge in [0.25, 0.3) is 0 Å². The second kappa shape index (κ2) is 6.43. The Hall–Kier alpha value is -1.06. The molecule has 3 nitrogen and oxygen atoms in total. The highest BCUT2D eigenvalue weighted by molar-refractivity contribution is 5.36. The minimum absolute atomic E-state index is 0.745. The Morgan fingerprint density at radius 3 is 2.67 bits per heavy atom. The second-order valence-corrected chi connectivity index (χ2v) is 3.47. The molecule has 0 bridgehead atoms. The lowest BCUT2D eigenvalue weighted by atomic mass is 10.1. The Kier molecular flexibility index (Phi) is 5.15. The molecule has 0 saturated heterocycles. The summed E-state index contributed by atoms with van der Waals surface area (Å²) in [5, 5.41) is 3.30. The molecule has 0 saturated carbocycles. The molecule has 1 rings (SSSR count). The molecule has 15 heavy (non-hydrogen) atoms. The molecular weight excluding hydrogens is 190 g/mol. The summed E-state index contributed by atoms with van der Waals surface area (Å²) in [5.74, 6) is 0.940. The van der Waals surface area contributed by atoms with Gasteiger partial charge in [-0.1, -0.05) is 12.1 Å². The molecule has 0 spiro atoms. The van der Waals surface area contributed by atoms with Gasteiger partial charge in [0.15, 0.2) is 0 Å². The molecule has 0 unspecified atom stereocenters. The second-order valence-electron chi connectivity index (χ2n) is 3.47. The van der Waals surface area contributed by atoms with Gasteiger partial charge in [-0.25, -0.2) is 0 Å². The molecule has 0 heterocycles. The van der Waals surface area contributed by atoms with Crippen LogP contribution >= 0.6 is 0 Å². The molecule has 1 N–H and O–H groups in total. The van der Waals surface area contributed by atoms with Gasteiger partial charge in [0.2, 0.25) is 0 Å². The summed E-state index contributed by atoms with van der Waals surface area (Å²) >= 11 is 0. The lowest BCUT2D eigenvalue weighted by Gasteiger charge is -2.08. The van der Waals surface area contributed by atoms with E-state index in [-0.39, 0.29) is 0 Å². The molecule has 0 fully saturated rings. The van der Waals surface area contributed by atoms with Crippen LogP contribution in [0.4, 0.5) is 0 Å². The van der Waals surface area contributed by atoms with E-state index in [0.29, 0.717) is 0 Å². The third-order valence-electron chi connectivity index (χ3n) is 2.27. The number of hydrogen-bond donors (Lipinski definition) is 1. The number of methoxy groups -OCH3 is 2. The van der Waals surface area contributed by atoms with Crippen LogP contribution in [0.5, 0.6) is 5.75 Å². The molecule has 0 aliphatic carbocycles. The van der Waals surface area contributed by atoms with E-state index in [9.17, 15) is 0 Å². The van der Waals surface area contributed by atoms with Gasteiger partial charge in [-0.05, 0) is 24.1 Å². The third kappa shape index (κ3) is 3.90. The molecular formula is C12H19NO2. The van der Waals surface area contributed by atoms with Gasteiger partial charge < -0.3 is 14.8 Å². The van der Waals surface area contributed by atoms with Gasteiger partial charge in [-0.3, -0.25) is 0 Å². The number of benzene rings is 1. The molecule has 1 aromatic rings. The average Bonchev–Trinajstić information content (AvgIpc) is 2.25. The first kappa shape index (κ1) is 12.0. The fourth-order valence-electron chi connectivity index (χ4n) is 1.46. The predicted molar refractivity (Wildman–Crippen MR) is 61.3 cm³/mol. The maximum atomic E-state index is 5.20. The van der Waals surface area contributed by atoms with Crippen LogP contribution in [-0.2, 0) is 11.3 Å². The Balaban J connectivity index is 2.45. The number of aryl methyl sites for hydroxylation is 1. The van der Waals surface area contributed by atoms with Gasteiger partial charge in [0.1, 0.15) is 5.75 Å². The zero-order valence-corrected chi connectivity index (χ0v) is 9.67. The van der Waals surface area contributed by atoms with Crippen LogP contribution in [-0.4, -0.2) is 27.4 Å². The Morgan fingerprint density at radius 2 is 2.07 bits per heavy atom. The third-order valence-corrected chi connectivity index (χ3v) is 2.27. The molecule has 0 aromatic heterocycles. The summed E-state index contributed by atoms with van der Waals surface area (Å²) in [4.78, 5) is 0. The van der Waals surface area contributed by atoms with Crippen molar-refractivity contribution in [3.63, 3.8) is 0 Å². The van der Waals surface area contributed by atoms with Crippen LogP contribution in [0, 0.1) is 6.92 Å². The first-order chi connectivity index (χ1) is 7.27. The normalized spacial score (nSPS) is 10.3. The van der Waals surface area contributed by atoms with Crippen LogP contribution < -0.4 is 10.1 Å². The van der Waals surface area contributed by atoms with Crippen molar-refractivity contribution in [2.24, 2.45) is 0 Å². The summed E-state index contributed by atoms with van der Waals surface area (Å²) in [5.41, 5.74) is 2.44. The van der Waals surface area contributed by atoms with Crippen LogP contribution in [0.15, 0.2) is 18.2 Å². The molecule has 1 aromatic carbocycles. The highest BCUT2D eigenvalue weighted by Gasteiger charge is 1.99. The van der Waals surface area contributed by atoms with Crippen molar-refractivity contribution in [1.29, 1.82) is 0 Å². The predicted octanol–water partition coefficient (Wildman–Crippen LogP) is 1.74. The Labute approximate surface area is 91.4 Å². The van der Waals surface area contributed by atoms with Crippen LogP contribution in [0.25, 0.3) is 0 Å². The largest absolute Gasteiger partial charge is 0.496 e. The van der Waals surface area contributed by atoms with Crippen molar-refractivity contribution >= 4 is 0 Å². The molecule has 3 heteroatoms. The van der Waals surface area contributed by atoms with E-state index in [4.69, 9.17) is 9.47 Å². The monoisotopic (exact) mass is 209 g/mol. The van der Waals surface area contributed by atoms with E-state index in [2.05, 4.69) is 24.4 Å². The fourth-order valence-corrected chi connectivity index (χ4v) is 1.46. The number of rotatable bonds is 6. The number of hydrogen-bond acceptors (Lipinski definition) is 3. The molecule has 0 radical (unpaired) electrons. The van der Waals surface area contributed by atoms with E-state index in [1.165, 1.54) is 11.1 Å². The standard InChI is InChI=1S/C12H19NO2/c1-10-8-11(4-5-12(10)15-3)9-13-6-7-14-2/h4-5,8,13H,6-7,9H2,1-3H3. The fraction of sp³-hybridized carbons (Fsp3) is 0.500. The minimum Gasteiger partial charge on any atom is -0.496 e. The quantitative estimate of drug-likeness (QED) is 0.724. The molecule has 0 aliphatic heterocycles. The van der Waals surface area contributed by atoms with Gasteiger partial charge in [-0.2, -0.15) is 0 Å². The van der Waals surface area contributed by atoms with Gasteiger partial charge in [-0.15, -0.1) is 0 Å². The van der Waals surface area contributed by atoms with Gasteiger partial charge in [0.05, 0.1) is 13.7 Å². The maximum Gasteiger partial charge on any atom is 0.121 e. The summed E-state index contributed by atoms with van der Waals surface area (Å²) in [6.45, 7) is 4.54. The topological polar surface area (TPSA) is 30.5 Å². The van der Waals surface area contributed by atoms with E-state index < -0.39 is 0 Å². The summed E-state index contributed by atoms with van der Waals surface area (Å²) in [6, 6.07) is 6.22. The molecule has 0 atom stereocenters. The van der Waals surface area contributed by atoms with Crippen molar-refractivity contribution in [3.05, 3.63) is 29.3 Å². The maximum absolute atomic E-state index is 5.20. The van der Waals surface area contributed by atoms with Crippen molar-refractivity contribution < 1.29 is 9.47 Å². The van der Waals surface area contributed by atoms with Crippen molar-refractivity contribution in [2.75, 3.05) is 27.4 Å². The Bertz CT molecular complexity index is 300. The first-order valence-electron chi connectivity index (χ1n) is 5.11. The van der Waals surface area contributed by atoms with E-state index in [0.717, 1.165) is 25.4 Å². The van der Waals surface area contributed by atoms with E-state index >= 15 is 0 Å². The highest BCUT2D eigenvalue weighted by Crippen LogP contribution is 2.18. The summed E-state index contributed by atoms with van der Waals surface area (Å²) in [6.07, 6.45) is 0. The van der Waals surface area contributed by atoms with Crippen molar-refractivity contribution in [3.8, 4) is 5.75 Å². The minimum atomic E-state index is 0.745. The summed E-state index contributed by atoms with van der Waals surface area (Å²) in [7, 11) is 3.40. The number of ether oxygens (including phenoxy) is 2.